The first-order chi connectivity index (χ1) is 7.27. The second kappa shape index (κ2) is 6.69. The Bertz CT molecular complexity index is 294. The van der Waals surface area contributed by atoms with E-state index in [9.17, 15) is 0 Å². The van der Waals surface area contributed by atoms with E-state index in [2.05, 4.69) is 23.5 Å². The molecule has 0 spiro atoms. The van der Waals surface area contributed by atoms with Crippen LogP contribution < -0.4 is 10.1 Å². The van der Waals surface area contributed by atoms with E-state index < -0.39 is 0 Å². The molecule has 1 atom stereocenters. The number of hydrogen-bond donors (Lipinski definition) is 1. The van der Waals surface area contributed by atoms with Crippen molar-refractivity contribution in [3.63, 3.8) is 0 Å². The van der Waals surface area contributed by atoms with Crippen LogP contribution in [0.5, 0.6) is 5.88 Å². The molecule has 0 aromatic carbocycles. The Balaban J connectivity index is 2.49. The molecule has 0 fully saturated rings. The smallest absolute Gasteiger partial charge is 0.217 e. The summed E-state index contributed by atoms with van der Waals surface area (Å²) in [5, 5.41) is 3.43. The standard InChI is InChI=1S/C11H18N2OS/c1-9(8-15-3)13-7-10-5-4-6-12-11(10)14-2/h4-6,9,13H,7-8H2,1-3H3. The summed E-state index contributed by atoms with van der Waals surface area (Å²) < 4.78 is 5.18. The lowest BCUT2D eigenvalue weighted by atomic mass is 10.2. The van der Waals surface area contributed by atoms with Gasteiger partial charge in [-0.1, -0.05) is 6.07 Å². The molecule has 1 rings (SSSR count). The molecule has 0 aliphatic carbocycles. The topological polar surface area (TPSA) is 34.1 Å². The van der Waals surface area contributed by atoms with Crippen molar-refractivity contribution in [2.75, 3.05) is 19.1 Å². The van der Waals surface area contributed by atoms with Gasteiger partial charge in [-0.25, -0.2) is 4.98 Å². The van der Waals surface area contributed by atoms with Gasteiger partial charge in [0.25, 0.3) is 0 Å². The van der Waals surface area contributed by atoms with Crippen molar-refractivity contribution in [1.82, 2.24) is 10.3 Å². The molecular weight excluding hydrogens is 208 g/mol. The first-order valence-electron chi connectivity index (χ1n) is 4.98. The number of rotatable bonds is 6. The van der Waals surface area contributed by atoms with Crippen LogP contribution in [0.1, 0.15) is 12.5 Å². The van der Waals surface area contributed by atoms with Gasteiger partial charge in [-0.15, -0.1) is 0 Å². The highest BCUT2D eigenvalue weighted by Gasteiger charge is 2.05. The summed E-state index contributed by atoms with van der Waals surface area (Å²) in [6.45, 7) is 2.98. The van der Waals surface area contributed by atoms with Crippen molar-refractivity contribution in [3.05, 3.63) is 23.9 Å². The van der Waals surface area contributed by atoms with Gasteiger partial charge in [0.2, 0.25) is 5.88 Å². The van der Waals surface area contributed by atoms with E-state index in [-0.39, 0.29) is 0 Å². The maximum absolute atomic E-state index is 5.18. The number of ether oxygens (including phenoxy) is 1. The number of thioether (sulfide) groups is 1. The average molecular weight is 226 g/mol. The fourth-order valence-electron chi connectivity index (χ4n) is 1.34. The van der Waals surface area contributed by atoms with Crippen LogP contribution in [-0.2, 0) is 6.54 Å². The number of hydrogen-bond acceptors (Lipinski definition) is 4. The number of nitrogens with zero attached hydrogens (tertiary/aromatic N) is 1. The van der Waals surface area contributed by atoms with Crippen LogP contribution in [0, 0.1) is 0 Å². The summed E-state index contributed by atoms with van der Waals surface area (Å²) in [5.74, 6) is 1.82. The molecular formula is C11H18N2OS. The quantitative estimate of drug-likeness (QED) is 0.803. The van der Waals surface area contributed by atoms with E-state index in [0.29, 0.717) is 11.9 Å². The van der Waals surface area contributed by atoms with Gasteiger partial charge in [-0.2, -0.15) is 11.8 Å². The predicted molar refractivity (Wildman–Crippen MR) is 65.5 cm³/mol. The molecule has 0 aliphatic rings. The molecule has 1 unspecified atom stereocenters. The molecule has 1 N–H and O–H groups in total. The van der Waals surface area contributed by atoms with Crippen LogP contribution in [-0.4, -0.2) is 30.1 Å². The maximum Gasteiger partial charge on any atom is 0.217 e. The average Bonchev–Trinajstić information content (AvgIpc) is 2.27. The molecule has 1 heterocycles. The molecule has 0 radical (unpaired) electrons. The molecule has 0 saturated carbocycles. The maximum atomic E-state index is 5.18. The Morgan fingerprint density at radius 2 is 2.40 bits per heavy atom. The van der Waals surface area contributed by atoms with E-state index >= 15 is 0 Å². The summed E-state index contributed by atoms with van der Waals surface area (Å²) in [5.41, 5.74) is 1.10. The zero-order valence-electron chi connectivity index (χ0n) is 9.49. The zero-order chi connectivity index (χ0) is 11.1. The highest BCUT2D eigenvalue weighted by atomic mass is 32.2. The minimum Gasteiger partial charge on any atom is -0.481 e. The molecule has 3 nitrogen and oxygen atoms in total. The van der Waals surface area contributed by atoms with Crippen LogP contribution in [0.4, 0.5) is 0 Å². The Morgan fingerprint density at radius 1 is 1.60 bits per heavy atom. The fraction of sp³-hybridized carbons (Fsp3) is 0.545. The third-order valence-electron chi connectivity index (χ3n) is 2.10. The second-order valence-electron chi connectivity index (χ2n) is 3.41. The molecule has 15 heavy (non-hydrogen) atoms. The van der Waals surface area contributed by atoms with Crippen molar-refractivity contribution in [2.45, 2.75) is 19.5 Å². The van der Waals surface area contributed by atoms with Crippen LogP contribution in [0.3, 0.4) is 0 Å². The monoisotopic (exact) mass is 226 g/mol. The van der Waals surface area contributed by atoms with Crippen LogP contribution >= 0.6 is 11.8 Å². The number of pyridine rings is 1. The van der Waals surface area contributed by atoms with Crippen LogP contribution in [0.2, 0.25) is 0 Å². The lowest BCUT2D eigenvalue weighted by molar-refractivity contribution is 0.389. The SMILES string of the molecule is COc1ncccc1CNC(C)CSC. The van der Waals surface area contributed by atoms with Crippen molar-refractivity contribution in [2.24, 2.45) is 0 Å². The van der Waals surface area contributed by atoms with Gasteiger partial charge in [-0.05, 0) is 19.2 Å². The number of aromatic nitrogens is 1. The minimum atomic E-state index is 0.505. The number of nitrogens with one attached hydrogen (secondary N) is 1. The van der Waals surface area contributed by atoms with Crippen molar-refractivity contribution in [1.29, 1.82) is 0 Å². The van der Waals surface area contributed by atoms with Crippen LogP contribution in [0.25, 0.3) is 0 Å². The molecule has 1 aromatic rings. The van der Waals surface area contributed by atoms with Crippen LogP contribution in [0.15, 0.2) is 18.3 Å². The highest BCUT2D eigenvalue weighted by Crippen LogP contribution is 2.13. The summed E-state index contributed by atoms with van der Waals surface area (Å²) in [7, 11) is 1.65. The predicted octanol–water partition coefficient (Wildman–Crippen LogP) is 1.93. The largest absolute Gasteiger partial charge is 0.481 e. The van der Waals surface area contributed by atoms with E-state index in [1.807, 2.05) is 23.9 Å². The molecule has 0 amide bonds. The molecule has 0 aliphatic heterocycles. The number of methoxy groups -OCH3 is 1. The molecule has 0 saturated heterocycles. The Kier molecular flexibility index (Phi) is 5.50. The third kappa shape index (κ3) is 4.10. The Labute approximate surface area is 95.6 Å². The van der Waals surface area contributed by atoms with Gasteiger partial charge in [0.15, 0.2) is 0 Å². The first-order valence-corrected chi connectivity index (χ1v) is 6.37. The Morgan fingerprint density at radius 3 is 3.07 bits per heavy atom. The normalized spacial score (nSPS) is 12.5. The van der Waals surface area contributed by atoms with E-state index in [1.54, 1.807) is 13.3 Å². The van der Waals surface area contributed by atoms with Gasteiger partial charge in [0.05, 0.1) is 7.11 Å². The highest BCUT2D eigenvalue weighted by molar-refractivity contribution is 7.98. The van der Waals surface area contributed by atoms with Gasteiger partial charge in [0.1, 0.15) is 0 Å². The molecule has 84 valence electrons. The van der Waals surface area contributed by atoms with Gasteiger partial charge < -0.3 is 10.1 Å². The molecule has 1 aromatic heterocycles. The molecule has 4 heteroatoms. The zero-order valence-corrected chi connectivity index (χ0v) is 10.3. The lowest BCUT2D eigenvalue weighted by Gasteiger charge is -2.13. The summed E-state index contributed by atoms with van der Waals surface area (Å²) in [4.78, 5) is 4.15. The van der Waals surface area contributed by atoms with Crippen molar-refractivity contribution < 1.29 is 4.74 Å². The summed E-state index contributed by atoms with van der Waals surface area (Å²) >= 11 is 1.85. The summed E-state index contributed by atoms with van der Waals surface area (Å²) in [6, 6.07) is 4.47. The fourth-order valence-corrected chi connectivity index (χ4v) is 1.95. The first kappa shape index (κ1) is 12.3. The third-order valence-corrected chi connectivity index (χ3v) is 2.93. The van der Waals surface area contributed by atoms with Crippen molar-refractivity contribution in [3.8, 4) is 5.88 Å². The van der Waals surface area contributed by atoms with Gasteiger partial charge in [0, 0.05) is 30.1 Å². The lowest BCUT2D eigenvalue weighted by Crippen LogP contribution is -2.27. The molecule has 0 bridgehead atoms. The van der Waals surface area contributed by atoms with E-state index in [0.717, 1.165) is 17.9 Å². The second-order valence-corrected chi connectivity index (χ2v) is 4.32. The van der Waals surface area contributed by atoms with Crippen molar-refractivity contribution >= 4 is 11.8 Å². The van der Waals surface area contributed by atoms with Gasteiger partial charge in [-0.3, -0.25) is 0 Å². The Hall–Kier alpha value is -0.740. The van der Waals surface area contributed by atoms with Gasteiger partial charge >= 0.3 is 0 Å². The minimum absolute atomic E-state index is 0.505. The van der Waals surface area contributed by atoms with E-state index in [4.69, 9.17) is 4.74 Å². The van der Waals surface area contributed by atoms with E-state index in [1.165, 1.54) is 0 Å². The summed E-state index contributed by atoms with van der Waals surface area (Å²) in [6.07, 6.45) is 3.86.